The predicted octanol–water partition coefficient (Wildman–Crippen LogP) is 3.41. The van der Waals surface area contributed by atoms with E-state index < -0.39 is 0 Å². The molecule has 2 saturated carbocycles. The molecular formula is C20H36IN5O. The van der Waals surface area contributed by atoms with Gasteiger partial charge in [-0.15, -0.1) is 24.0 Å². The fraction of sp³-hybridized carbons (Fsp3) is 0.800. The lowest BCUT2D eigenvalue weighted by Crippen LogP contribution is -2.65. The normalized spacial score (nSPS) is 23.8. The molecule has 154 valence electrons. The zero-order chi connectivity index (χ0) is 18.6. The van der Waals surface area contributed by atoms with Gasteiger partial charge in [0.2, 0.25) is 0 Å². The maximum atomic E-state index is 6.01. The Morgan fingerprint density at radius 3 is 2.70 bits per heavy atom. The molecular weight excluding hydrogens is 453 g/mol. The highest BCUT2D eigenvalue weighted by Crippen LogP contribution is 2.54. The highest BCUT2D eigenvalue weighted by Gasteiger charge is 2.56. The van der Waals surface area contributed by atoms with Gasteiger partial charge in [0, 0.05) is 43.9 Å². The van der Waals surface area contributed by atoms with Crippen LogP contribution in [0.1, 0.15) is 56.8 Å². The van der Waals surface area contributed by atoms with E-state index in [1.165, 1.54) is 31.4 Å². The molecule has 1 spiro atoms. The third-order valence-corrected chi connectivity index (χ3v) is 6.16. The standard InChI is InChI=1S/C20H35N5O.HI/c1-5-26-18-14-17(20(18)9-6-7-10-20)23-19(21-4)22-11-8-12-25-16(3)13-15(2)24-25;/h13,17-18H,5-12,14H2,1-4H3,(H2,21,22,23);1H. The van der Waals surface area contributed by atoms with Gasteiger partial charge in [0.05, 0.1) is 11.8 Å². The van der Waals surface area contributed by atoms with Crippen molar-refractivity contribution in [2.24, 2.45) is 10.4 Å². The van der Waals surface area contributed by atoms with Crippen molar-refractivity contribution in [1.29, 1.82) is 0 Å². The second kappa shape index (κ2) is 10.1. The molecule has 1 heterocycles. The van der Waals surface area contributed by atoms with Gasteiger partial charge < -0.3 is 15.4 Å². The highest BCUT2D eigenvalue weighted by molar-refractivity contribution is 14.0. The van der Waals surface area contributed by atoms with Crippen LogP contribution in [0.5, 0.6) is 0 Å². The Morgan fingerprint density at radius 2 is 2.11 bits per heavy atom. The molecule has 2 aliphatic carbocycles. The number of aromatic nitrogens is 2. The summed E-state index contributed by atoms with van der Waals surface area (Å²) in [4.78, 5) is 4.43. The Kier molecular flexibility index (Phi) is 8.39. The molecule has 6 nitrogen and oxygen atoms in total. The smallest absolute Gasteiger partial charge is 0.191 e. The van der Waals surface area contributed by atoms with Crippen LogP contribution in [0.3, 0.4) is 0 Å². The van der Waals surface area contributed by atoms with E-state index in [-0.39, 0.29) is 24.0 Å². The molecule has 0 saturated heterocycles. The third kappa shape index (κ3) is 4.96. The largest absolute Gasteiger partial charge is 0.378 e. The van der Waals surface area contributed by atoms with Crippen LogP contribution in [0, 0.1) is 19.3 Å². The van der Waals surface area contributed by atoms with Crippen LogP contribution in [0.4, 0.5) is 0 Å². The fourth-order valence-corrected chi connectivity index (χ4v) is 4.79. The van der Waals surface area contributed by atoms with Gasteiger partial charge in [0.1, 0.15) is 0 Å². The van der Waals surface area contributed by atoms with Gasteiger partial charge in [-0.2, -0.15) is 5.10 Å². The third-order valence-electron chi connectivity index (χ3n) is 6.16. The number of guanidine groups is 1. The maximum Gasteiger partial charge on any atom is 0.191 e. The van der Waals surface area contributed by atoms with Crippen LogP contribution in [-0.4, -0.2) is 48.1 Å². The summed E-state index contributed by atoms with van der Waals surface area (Å²) in [6.07, 6.45) is 7.78. The minimum absolute atomic E-state index is 0. The first-order valence-electron chi connectivity index (χ1n) is 10.2. The lowest BCUT2D eigenvalue weighted by Gasteiger charge is -2.54. The van der Waals surface area contributed by atoms with Crippen molar-refractivity contribution in [3.05, 3.63) is 17.5 Å². The Morgan fingerprint density at radius 1 is 1.37 bits per heavy atom. The van der Waals surface area contributed by atoms with Crippen molar-refractivity contribution in [2.45, 2.75) is 78.0 Å². The quantitative estimate of drug-likeness (QED) is 0.267. The number of nitrogens with one attached hydrogen (secondary N) is 2. The van der Waals surface area contributed by atoms with E-state index in [4.69, 9.17) is 4.74 Å². The fourth-order valence-electron chi connectivity index (χ4n) is 4.79. The monoisotopic (exact) mass is 489 g/mol. The second-order valence-corrected chi connectivity index (χ2v) is 7.82. The number of nitrogens with zero attached hydrogens (tertiary/aromatic N) is 3. The highest BCUT2D eigenvalue weighted by atomic mass is 127. The van der Waals surface area contributed by atoms with Gasteiger partial charge in [-0.05, 0) is 52.5 Å². The predicted molar refractivity (Wildman–Crippen MR) is 121 cm³/mol. The van der Waals surface area contributed by atoms with E-state index in [9.17, 15) is 0 Å². The van der Waals surface area contributed by atoms with Crippen LogP contribution in [-0.2, 0) is 11.3 Å². The van der Waals surface area contributed by atoms with Gasteiger partial charge in [-0.25, -0.2) is 0 Å². The average molecular weight is 489 g/mol. The summed E-state index contributed by atoms with van der Waals surface area (Å²) in [7, 11) is 1.86. The molecule has 0 radical (unpaired) electrons. The van der Waals surface area contributed by atoms with Crippen molar-refractivity contribution in [3.8, 4) is 0 Å². The van der Waals surface area contributed by atoms with Gasteiger partial charge in [0.25, 0.3) is 0 Å². The number of hydrogen-bond acceptors (Lipinski definition) is 3. The van der Waals surface area contributed by atoms with E-state index in [0.717, 1.165) is 44.2 Å². The molecule has 3 rings (SSSR count). The summed E-state index contributed by atoms with van der Waals surface area (Å²) in [5.74, 6) is 0.921. The molecule has 2 N–H and O–H groups in total. The van der Waals surface area contributed by atoms with E-state index in [0.29, 0.717) is 17.6 Å². The van der Waals surface area contributed by atoms with E-state index in [1.54, 1.807) is 0 Å². The van der Waals surface area contributed by atoms with Gasteiger partial charge >= 0.3 is 0 Å². The summed E-state index contributed by atoms with van der Waals surface area (Å²) in [6, 6.07) is 2.61. The number of rotatable bonds is 7. The molecule has 0 aliphatic heterocycles. The molecule has 27 heavy (non-hydrogen) atoms. The van der Waals surface area contributed by atoms with Gasteiger partial charge in [-0.1, -0.05) is 12.8 Å². The molecule has 2 aliphatic rings. The van der Waals surface area contributed by atoms with E-state index >= 15 is 0 Å². The summed E-state index contributed by atoms with van der Waals surface area (Å²) >= 11 is 0. The number of aliphatic imine (C=N–C) groups is 1. The van der Waals surface area contributed by atoms with Crippen molar-refractivity contribution in [2.75, 3.05) is 20.2 Å². The Bertz CT molecular complexity index is 624. The van der Waals surface area contributed by atoms with Crippen LogP contribution in [0.15, 0.2) is 11.1 Å². The van der Waals surface area contributed by atoms with Crippen LogP contribution in [0.2, 0.25) is 0 Å². The van der Waals surface area contributed by atoms with Gasteiger partial charge in [-0.3, -0.25) is 9.67 Å². The van der Waals surface area contributed by atoms with Crippen LogP contribution >= 0.6 is 24.0 Å². The first kappa shape index (κ1) is 22.5. The molecule has 1 aromatic heterocycles. The average Bonchev–Trinajstić information content (AvgIpc) is 3.24. The second-order valence-electron chi connectivity index (χ2n) is 7.82. The Labute approximate surface area is 180 Å². The summed E-state index contributed by atoms with van der Waals surface area (Å²) in [5.41, 5.74) is 2.64. The summed E-state index contributed by atoms with van der Waals surface area (Å²) in [5, 5.41) is 11.7. The summed E-state index contributed by atoms with van der Waals surface area (Å²) < 4.78 is 8.09. The molecule has 2 fully saturated rings. The van der Waals surface area contributed by atoms with Crippen LogP contribution in [0.25, 0.3) is 0 Å². The topological polar surface area (TPSA) is 63.5 Å². The number of ether oxygens (including phenoxy) is 1. The van der Waals surface area contributed by atoms with Crippen molar-refractivity contribution >= 4 is 29.9 Å². The molecule has 7 heteroatoms. The SMILES string of the molecule is CCOC1CC(NC(=NC)NCCCn2nc(C)cc2C)C12CCCC2.I. The lowest BCUT2D eigenvalue weighted by atomic mass is 9.60. The molecule has 0 bridgehead atoms. The number of hydrogen-bond donors (Lipinski definition) is 2. The first-order valence-corrected chi connectivity index (χ1v) is 10.2. The van der Waals surface area contributed by atoms with E-state index in [1.807, 2.05) is 14.0 Å². The van der Waals surface area contributed by atoms with E-state index in [2.05, 4.69) is 45.3 Å². The maximum absolute atomic E-state index is 6.01. The zero-order valence-corrected chi connectivity index (χ0v) is 19.6. The Balaban J connectivity index is 0.00000261. The molecule has 0 aromatic carbocycles. The zero-order valence-electron chi connectivity index (χ0n) is 17.3. The van der Waals surface area contributed by atoms with Crippen molar-refractivity contribution < 1.29 is 4.74 Å². The molecule has 2 atom stereocenters. The minimum Gasteiger partial charge on any atom is -0.378 e. The van der Waals surface area contributed by atoms with Gasteiger partial charge in [0.15, 0.2) is 5.96 Å². The van der Waals surface area contributed by atoms with Crippen LogP contribution < -0.4 is 10.6 Å². The first-order chi connectivity index (χ1) is 12.6. The minimum atomic E-state index is 0. The Hall–Kier alpha value is -0.830. The summed E-state index contributed by atoms with van der Waals surface area (Å²) in [6.45, 7) is 8.90. The number of aryl methyl sites for hydroxylation is 3. The molecule has 0 amide bonds. The molecule has 2 unspecified atom stereocenters. The van der Waals surface area contributed by atoms with Crippen molar-refractivity contribution in [3.63, 3.8) is 0 Å². The number of halogens is 1. The van der Waals surface area contributed by atoms with Crippen molar-refractivity contribution in [1.82, 2.24) is 20.4 Å². The molecule has 1 aromatic rings. The lowest BCUT2D eigenvalue weighted by molar-refractivity contribution is -0.125.